The first-order chi connectivity index (χ1) is 15.8. The van der Waals surface area contributed by atoms with Crippen LogP contribution < -0.4 is 15.5 Å². The van der Waals surface area contributed by atoms with Crippen molar-refractivity contribution in [2.75, 3.05) is 15.5 Å². The first kappa shape index (κ1) is 22.2. The lowest BCUT2D eigenvalue weighted by Crippen LogP contribution is -2.32. The van der Waals surface area contributed by atoms with Crippen molar-refractivity contribution in [3.63, 3.8) is 0 Å². The fourth-order valence-electron chi connectivity index (χ4n) is 3.40. The second-order valence-electron chi connectivity index (χ2n) is 7.52. The van der Waals surface area contributed by atoms with Gasteiger partial charge in [0.25, 0.3) is 17.7 Å². The van der Waals surface area contributed by atoms with Crippen LogP contribution in [0.2, 0.25) is 0 Å². The van der Waals surface area contributed by atoms with Crippen molar-refractivity contribution in [3.05, 3.63) is 100.0 Å². The molecule has 0 saturated heterocycles. The maximum atomic E-state index is 13.2. The topological polar surface area (TPSA) is 78.5 Å². The number of benzene rings is 3. The molecule has 3 aromatic carbocycles. The molecule has 0 radical (unpaired) electrons. The minimum atomic E-state index is -0.723. The van der Waals surface area contributed by atoms with Crippen molar-refractivity contribution in [1.29, 1.82) is 0 Å². The van der Waals surface area contributed by atoms with E-state index in [-0.39, 0.29) is 22.3 Å². The molecule has 4 rings (SSSR count). The molecule has 0 aromatic heterocycles. The van der Waals surface area contributed by atoms with Gasteiger partial charge in [-0.05, 0) is 73.5 Å². The van der Waals surface area contributed by atoms with Crippen LogP contribution in [0.15, 0.2) is 77.5 Å². The van der Waals surface area contributed by atoms with Gasteiger partial charge in [-0.1, -0.05) is 29.8 Å². The number of imide groups is 1. The first-order valence-electron chi connectivity index (χ1n) is 10.0. The van der Waals surface area contributed by atoms with E-state index in [0.717, 1.165) is 28.2 Å². The van der Waals surface area contributed by atoms with E-state index in [2.05, 4.69) is 10.6 Å². The molecule has 0 fully saturated rings. The Hall–Kier alpha value is -3.97. The highest BCUT2D eigenvalue weighted by molar-refractivity contribution is 6.53. The van der Waals surface area contributed by atoms with E-state index in [0.29, 0.717) is 16.9 Å². The summed E-state index contributed by atoms with van der Waals surface area (Å²) in [6.07, 6.45) is 0. The van der Waals surface area contributed by atoms with Gasteiger partial charge in [0.1, 0.15) is 16.5 Å². The standard InChI is InChI=1S/C25H19ClFN3O3/c1-14-5-3-8-20(15(14)2)29-23(31)16-6-4-7-18(13-16)28-22-21(26)24(32)30(25(22)33)19-11-9-17(27)10-12-19/h3-13,28H,1-2H3,(H,29,31). The van der Waals surface area contributed by atoms with E-state index < -0.39 is 17.6 Å². The van der Waals surface area contributed by atoms with E-state index in [9.17, 15) is 18.8 Å². The van der Waals surface area contributed by atoms with E-state index in [1.807, 2.05) is 32.0 Å². The molecule has 0 aliphatic carbocycles. The molecule has 0 atom stereocenters. The lowest BCUT2D eigenvalue weighted by atomic mass is 10.1. The summed E-state index contributed by atoms with van der Waals surface area (Å²) >= 11 is 6.14. The minimum Gasteiger partial charge on any atom is -0.350 e. The van der Waals surface area contributed by atoms with E-state index in [4.69, 9.17) is 11.6 Å². The second-order valence-corrected chi connectivity index (χ2v) is 7.90. The molecule has 6 nitrogen and oxygen atoms in total. The molecular formula is C25H19ClFN3O3. The number of hydrogen-bond donors (Lipinski definition) is 2. The molecule has 33 heavy (non-hydrogen) atoms. The number of hydrogen-bond acceptors (Lipinski definition) is 4. The number of nitrogens with zero attached hydrogens (tertiary/aromatic N) is 1. The van der Waals surface area contributed by atoms with Crippen LogP contribution in [0.25, 0.3) is 0 Å². The molecule has 0 spiro atoms. The van der Waals surface area contributed by atoms with Gasteiger partial charge in [0.2, 0.25) is 0 Å². The maximum Gasteiger partial charge on any atom is 0.283 e. The fourth-order valence-corrected chi connectivity index (χ4v) is 3.61. The Morgan fingerprint density at radius 3 is 2.36 bits per heavy atom. The van der Waals surface area contributed by atoms with Crippen LogP contribution in [0.4, 0.5) is 21.5 Å². The average molecular weight is 464 g/mol. The number of nitrogens with one attached hydrogen (secondary N) is 2. The van der Waals surface area contributed by atoms with Gasteiger partial charge < -0.3 is 10.6 Å². The Labute approximate surface area is 194 Å². The van der Waals surface area contributed by atoms with E-state index >= 15 is 0 Å². The summed E-state index contributed by atoms with van der Waals surface area (Å²) in [6, 6.07) is 17.0. The Morgan fingerprint density at radius 2 is 1.64 bits per heavy atom. The van der Waals surface area contributed by atoms with Gasteiger partial charge in [-0.25, -0.2) is 9.29 Å². The highest BCUT2D eigenvalue weighted by Gasteiger charge is 2.39. The van der Waals surface area contributed by atoms with Crippen LogP contribution in [-0.2, 0) is 9.59 Å². The second kappa shape index (κ2) is 8.88. The van der Waals surface area contributed by atoms with Crippen molar-refractivity contribution in [2.24, 2.45) is 0 Å². The predicted octanol–water partition coefficient (Wildman–Crippen LogP) is 5.13. The lowest BCUT2D eigenvalue weighted by molar-refractivity contribution is -0.120. The highest BCUT2D eigenvalue weighted by atomic mass is 35.5. The fraction of sp³-hybridized carbons (Fsp3) is 0.0800. The largest absolute Gasteiger partial charge is 0.350 e. The van der Waals surface area contributed by atoms with Crippen LogP contribution in [0, 0.1) is 19.7 Å². The highest BCUT2D eigenvalue weighted by Crippen LogP contribution is 2.30. The molecule has 0 unspecified atom stereocenters. The third-order valence-electron chi connectivity index (χ3n) is 5.36. The number of rotatable bonds is 5. The van der Waals surface area contributed by atoms with E-state index in [1.54, 1.807) is 24.3 Å². The Bertz CT molecular complexity index is 1320. The van der Waals surface area contributed by atoms with Gasteiger partial charge in [-0.15, -0.1) is 0 Å². The molecule has 3 aromatic rings. The van der Waals surface area contributed by atoms with Crippen molar-refractivity contribution >= 4 is 46.4 Å². The Kier molecular flexibility index (Phi) is 5.98. The molecule has 2 N–H and O–H groups in total. The zero-order valence-corrected chi connectivity index (χ0v) is 18.5. The van der Waals surface area contributed by atoms with Crippen LogP contribution in [0.5, 0.6) is 0 Å². The molecule has 3 amide bonds. The summed E-state index contributed by atoms with van der Waals surface area (Å²) in [4.78, 5) is 39.1. The monoisotopic (exact) mass is 463 g/mol. The molecule has 8 heteroatoms. The van der Waals surface area contributed by atoms with Crippen LogP contribution in [-0.4, -0.2) is 17.7 Å². The van der Waals surface area contributed by atoms with Crippen molar-refractivity contribution in [2.45, 2.75) is 13.8 Å². The number of halogens is 2. The Morgan fingerprint density at radius 1 is 0.939 bits per heavy atom. The molecule has 166 valence electrons. The van der Waals surface area contributed by atoms with Crippen molar-refractivity contribution in [1.82, 2.24) is 0 Å². The number of aryl methyl sites for hydroxylation is 1. The Balaban J connectivity index is 1.55. The van der Waals surface area contributed by atoms with Gasteiger partial charge in [0, 0.05) is 16.9 Å². The smallest absolute Gasteiger partial charge is 0.283 e. The van der Waals surface area contributed by atoms with Gasteiger partial charge in [0.15, 0.2) is 0 Å². The van der Waals surface area contributed by atoms with Gasteiger partial charge in [-0.2, -0.15) is 0 Å². The average Bonchev–Trinajstić information content (AvgIpc) is 3.01. The zero-order chi connectivity index (χ0) is 23.7. The normalized spacial score (nSPS) is 13.5. The number of amides is 3. The first-order valence-corrected chi connectivity index (χ1v) is 10.4. The van der Waals surface area contributed by atoms with Crippen LogP contribution in [0.1, 0.15) is 21.5 Å². The summed E-state index contributed by atoms with van der Waals surface area (Å²) in [5.41, 5.74) is 3.55. The molecule has 1 aliphatic heterocycles. The van der Waals surface area contributed by atoms with Gasteiger partial charge in [-0.3, -0.25) is 14.4 Å². The number of anilines is 3. The molecule has 1 heterocycles. The number of carbonyl (C=O) groups is 3. The quantitative estimate of drug-likeness (QED) is 0.514. The third kappa shape index (κ3) is 4.36. The van der Waals surface area contributed by atoms with Gasteiger partial charge in [0.05, 0.1) is 5.69 Å². The minimum absolute atomic E-state index is 0.127. The molecule has 0 saturated carbocycles. The van der Waals surface area contributed by atoms with Gasteiger partial charge >= 0.3 is 0 Å². The lowest BCUT2D eigenvalue weighted by Gasteiger charge is -2.15. The third-order valence-corrected chi connectivity index (χ3v) is 5.71. The summed E-state index contributed by atoms with van der Waals surface area (Å²) in [6.45, 7) is 3.88. The van der Waals surface area contributed by atoms with Crippen LogP contribution in [0.3, 0.4) is 0 Å². The van der Waals surface area contributed by atoms with E-state index in [1.165, 1.54) is 12.1 Å². The predicted molar refractivity (Wildman–Crippen MR) is 126 cm³/mol. The SMILES string of the molecule is Cc1cccc(NC(=O)c2cccc(NC3=C(Cl)C(=O)N(c4ccc(F)cc4)C3=O)c2)c1C. The summed E-state index contributed by atoms with van der Waals surface area (Å²) in [5, 5.41) is 5.43. The summed E-state index contributed by atoms with van der Waals surface area (Å²) in [7, 11) is 0. The molecule has 1 aliphatic rings. The van der Waals surface area contributed by atoms with Crippen LogP contribution >= 0.6 is 11.6 Å². The maximum absolute atomic E-state index is 13.2. The summed E-state index contributed by atoms with van der Waals surface area (Å²) < 4.78 is 13.2. The molecule has 0 bridgehead atoms. The number of carbonyl (C=O) groups excluding carboxylic acids is 3. The van der Waals surface area contributed by atoms with Crippen molar-refractivity contribution < 1.29 is 18.8 Å². The zero-order valence-electron chi connectivity index (χ0n) is 17.8. The molecular weight excluding hydrogens is 445 g/mol. The summed E-state index contributed by atoms with van der Waals surface area (Å²) in [5.74, 6) is -2.22. The van der Waals surface area contributed by atoms with Crippen molar-refractivity contribution in [3.8, 4) is 0 Å².